The molecule has 30 heavy (non-hydrogen) atoms. The van der Waals surface area contributed by atoms with Crippen LogP contribution in [0, 0.1) is 0 Å². The lowest BCUT2D eigenvalue weighted by atomic mass is 9.76. The monoisotopic (exact) mass is 429 g/mol. The molecule has 4 nitrogen and oxygen atoms in total. The largest absolute Gasteiger partial charge is 0.483 e. The Balaban J connectivity index is 2.20. The van der Waals surface area contributed by atoms with Crippen LogP contribution < -0.4 is 10.1 Å². The van der Waals surface area contributed by atoms with Crippen molar-refractivity contribution in [3.05, 3.63) is 59.2 Å². The van der Waals surface area contributed by atoms with Crippen LogP contribution in [0.3, 0.4) is 0 Å². The average molecular weight is 430 g/mol. The molecule has 162 valence electrons. The molecule has 2 aromatic carbocycles. The van der Waals surface area contributed by atoms with Crippen molar-refractivity contribution in [1.29, 1.82) is 0 Å². The van der Waals surface area contributed by atoms with E-state index < -0.39 is 5.24 Å². The van der Waals surface area contributed by atoms with E-state index in [-0.39, 0.29) is 23.3 Å². The highest BCUT2D eigenvalue weighted by molar-refractivity contribution is 6.67. The highest BCUT2D eigenvalue weighted by Crippen LogP contribution is 2.38. The van der Waals surface area contributed by atoms with Crippen molar-refractivity contribution in [2.24, 2.45) is 0 Å². The zero-order chi connectivity index (χ0) is 22.5. The second-order valence-corrected chi connectivity index (χ2v) is 9.22. The van der Waals surface area contributed by atoms with Crippen LogP contribution in [-0.2, 0) is 15.6 Å². The molecule has 0 unspecified atom stereocenters. The van der Waals surface area contributed by atoms with Crippen LogP contribution in [0.15, 0.2) is 42.5 Å². The van der Waals surface area contributed by atoms with E-state index in [0.717, 1.165) is 24.2 Å². The van der Waals surface area contributed by atoms with Crippen molar-refractivity contribution in [1.82, 2.24) is 0 Å². The van der Waals surface area contributed by atoms with E-state index in [2.05, 4.69) is 59.0 Å². The summed E-state index contributed by atoms with van der Waals surface area (Å²) in [7, 11) is 0. The third-order valence-corrected chi connectivity index (χ3v) is 6.21. The molecule has 0 spiro atoms. The number of ether oxygens (including phenoxy) is 1. The number of carbonyl (C=O) groups excluding carboxylic acids is 2. The van der Waals surface area contributed by atoms with E-state index >= 15 is 0 Å². The maximum Gasteiger partial charge on any atom is 0.262 e. The predicted octanol–water partition coefficient (Wildman–Crippen LogP) is 6.46. The van der Waals surface area contributed by atoms with Crippen LogP contribution in [-0.4, -0.2) is 17.8 Å². The van der Waals surface area contributed by atoms with Gasteiger partial charge in [0.05, 0.1) is 0 Å². The standard InChI is InChI=1S/C25H32ClNO3/c1-7-24(3,4)18-12-13-21(20(15-18)25(5,6)8-2)30-16-22(28)27-19-11-9-10-17(14-19)23(26)29/h9-15H,7-8,16H2,1-6H3,(H,27,28). The molecule has 0 atom stereocenters. The van der Waals surface area contributed by atoms with Gasteiger partial charge in [-0.3, -0.25) is 9.59 Å². The summed E-state index contributed by atoms with van der Waals surface area (Å²) in [6.07, 6.45) is 1.98. The van der Waals surface area contributed by atoms with Crippen LogP contribution in [0.25, 0.3) is 0 Å². The third kappa shape index (κ3) is 5.85. The minimum Gasteiger partial charge on any atom is -0.483 e. The van der Waals surface area contributed by atoms with Crippen molar-refractivity contribution in [2.45, 2.75) is 65.2 Å². The zero-order valence-electron chi connectivity index (χ0n) is 18.8. The molecule has 0 saturated heterocycles. The van der Waals surface area contributed by atoms with Gasteiger partial charge in [-0.05, 0) is 65.1 Å². The first kappa shape index (κ1) is 23.9. The van der Waals surface area contributed by atoms with Gasteiger partial charge in [0.2, 0.25) is 0 Å². The summed E-state index contributed by atoms with van der Waals surface area (Å²) < 4.78 is 5.93. The van der Waals surface area contributed by atoms with Gasteiger partial charge in [-0.25, -0.2) is 0 Å². The average Bonchev–Trinajstić information content (AvgIpc) is 2.72. The molecule has 0 heterocycles. The Bertz CT molecular complexity index is 918. The first-order valence-electron chi connectivity index (χ1n) is 10.4. The normalized spacial score (nSPS) is 11.8. The number of benzene rings is 2. The highest BCUT2D eigenvalue weighted by atomic mass is 35.5. The number of hydrogen-bond acceptors (Lipinski definition) is 3. The molecule has 1 amide bonds. The van der Waals surface area contributed by atoms with E-state index in [1.54, 1.807) is 24.3 Å². The SMILES string of the molecule is CCC(C)(C)c1ccc(OCC(=O)Nc2cccc(C(=O)Cl)c2)c(C(C)(C)CC)c1. The second-order valence-electron chi connectivity index (χ2n) is 8.88. The molecule has 0 radical (unpaired) electrons. The Morgan fingerprint density at radius 3 is 2.23 bits per heavy atom. The van der Waals surface area contributed by atoms with Gasteiger partial charge in [0.1, 0.15) is 5.75 Å². The first-order valence-corrected chi connectivity index (χ1v) is 10.8. The lowest BCUT2D eigenvalue weighted by Gasteiger charge is -2.30. The second kappa shape index (κ2) is 9.65. The zero-order valence-corrected chi connectivity index (χ0v) is 19.5. The molecule has 0 bridgehead atoms. The predicted molar refractivity (Wildman–Crippen MR) is 124 cm³/mol. The Kier molecular flexibility index (Phi) is 7.70. The van der Waals surface area contributed by atoms with Crippen molar-refractivity contribution in [3.63, 3.8) is 0 Å². The summed E-state index contributed by atoms with van der Waals surface area (Å²) in [5, 5.41) is 2.18. The Labute approximate surface area is 185 Å². The topological polar surface area (TPSA) is 55.4 Å². The number of carbonyl (C=O) groups is 2. The number of anilines is 1. The molecule has 0 fully saturated rings. The maximum absolute atomic E-state index is 12.4. The minimum atomic E-state index is -0.566. The van der Waals surface area contributed by atoms with Gasteiger partial charge in [-0.2, -0.15) is 0 Å². The minimum absolute atomic E-state index is 0.0688. The highest BCUT2D eigenvalue weighted by Gasteiger charge is 2.26. The number of halogens is 1. The van der Waals surface area contributed by atoms with Crippen LogP contribution in [0.5, 0.6) is 5.75 Å². The Morgan fingerprint density at radius 1 is 0.967 bits per heavy atom. The molecule has 0 aliphatic heterocycles. The fourth-order valence-corrected chi connectivity index (χ4v) is 3.18. The Morgan fingerprint density at radius 2 is 1.63 bits per heavy atom. The van der Waals surface area contributed by atoms with Gasteiger partial charge in [0.25, 0.3) is 11.1 Å². The summed E-state index contributed by atoms with van der Waals surface area (Å²) in [4.78, 5) is 23.7. The molecule has 0 saturated carbocycles. The maximum atomic E-state index is 12.4. The fraction of sp³-hybridized carbons (Fsp3) is 0.440. The molecule has 0 aliphatic carbocycles. The summed E-state index contributed by atoms with van der Waals surface area (Å²) in [6, 6.07) is 12.8. The molecule has 1 N–H and O–H groups in total. The third-order valence-electron chi connectivity index (χ3n) is 5.99. The van der Waals surface area contributed by atoms with Crippen LogP contribution in [0.2, 0.25) is 0 Å². The summed E-state index contributed by atoms with van der Waals surface area (Å²) in [5.74, 6) is 0.421. The number of rotatable bonds is 9. The van der Waals surface area contributed by atoms with E-state index in [9.17, 15) is 9.59 Å². The van der Waals surface area contributed by atoms with Gasteiger partial charge in [0.15, 0.2) is 6.61 Å². The van der Waals surface area contributed by atoms with Gasteiger partial charge >= 0.3 is 0 Å². The lowest BCUT2D eigenvalue weighted by molar-refractivity contribution is -0.118. The number of nitrogens with one attached hydrogen (secondary N) is 1. The van der Waals surface area contributed by atoms with E-state index in [4.69, 9.17) is 16.3 Å². The van der Waals surface area contributed by atoms with Crippen LogP contribution in [0.1, 0.15) is 75.9 Å². The van der Waals surface area contributed by atoms with Crippen LogP contribution in [0.4, 0.5) is 5.69 Å². The number of amides is 1. The number of hydrogen-bond donors (Lipinski definition) is 1. The van der Waals surface area contributed by atoms with Gasteiger partial charge < -0.3 is 10.1 Å². The molecular weight excluding hydrogens is 398 g/mol. The Hall–Kier alpha value is -2.33. The summed E-state index contributed by atoms with van der Waals surface area (Å²) in [5.41, 5.74) is 3.19. The molecule has 2 aromatic rings. The fourth-order valence-electron chi connectivity index (χ4n) is 3.06. The van der Waals surface area contributed by atoms with Gasteiger partial charge in [-0.15, -0.1) is 0 Å². The van der Waals surface area contributed by atoms with Gasteiger partial charge in [0, 0.05) is 16.8 Å². The molecule has 2 rings (SSSR count). The smallest absolute Gasteiger partial charge is 0.262 e. The van der Waals surface area contributed by atoms with E-state index in [1.165, 1.54) is 5.56 Å². The molecule has 0 aromatic heterocycles. The van der Waals surface area contributed by atoms with Crippen molar-refractivity contribution in [3.8, 4) is 5.75 Å². The summed E-state index contributed by atoms with van der Waals surface area (Å²) >= 11 is 5.51. The first-order chi connectivity index (χ1) is 14.0. The molecule has 5 heteroatoms. The molecule has 0 aliphatic rings. The van der Waals surface area contributed by atoms with Gasteiger partial charge in [-0.1, -0.05) is 59.7 Å². The van der Waals surface area contributed by atoms with E-state index in [0.29, 0.717) is 11.3 Å². The van der Waals surface area contributed by atoms with Crippen molar-refractivity contribution < 1.29 is 14.3 Å². The summed E-state index contributed by atoms with van der Waals surface area (Å²) in [6.45, 7) is 13.1. The van der Waals surface area contributed by atoms with Crippen LogP contribution >= 0.6 is 11.6 Å². The van der Waals surface area contributed by atoms with E-state index in [1.807, 2.05) is 6.07 Å². The lowest BCUT2D eigenvalue weighted by Crippen LogP contribution is -2.24. The quantitative estimate of drug-likeness (QED) is 0.465. The van der Waals surface area contributed by atoms with Crippen molar-refractivity contribution >= 4 is 28.4 Å². The van der Waals surface area contributed by atoms with Crippen molar-refractivity contribution in [2.75, 3.05) is 11.9 Å². The molecular formula is C25H32ClNO3.